The molecule has 0 spiro atoms. The maximum atomic E-state index is 12.3. The average molecular weight is 293 g/mol. The van der Waals surface area contributed by atoms with E-state index in [4.69, 9.17) is 5.73 Å². The lowest BCUT2D eigenvalue weighted by Crippen LogP contribution is -2.34. The van der Waals surface area contributed by atoms with Gasteiger partial charge in [0.05, 0.1) is 17.4 Å². The van der Waals surface area contributed by atoms with E-state index in [2.05, 4.69) is 14.7 Å². The van der Waals surface area contributed by atoms with E-state index in [-0.39, 0.29) is 5.75 Å². The molecule has 1 aromatic heterocycles. The van der Waals surface area contributed by atoms with Crippen LogP contribution in [0.2, 0.25) is 0 Å². The summed E-state index contributed by atoms with van der Waals surface area (Å²) in [7, 11) is 0. The molecule has 1 aromatic carbocycles. The van der Waals surface area contributed by atoms with Crippen molar-refractivity contribution in [3.8, 4) is 17.0 Å². The summed E-state index contributed by atoms with van der Waals surface area (Å²) in [6.45, 7) is -2.83. The molecule has 21 heavy (non-hydrogen) atoms. The smallest absolute Gasteiger partial charge is 0.387 e. The molecule has 0 bridgehead atoms. The third-order valence-corrected chi connectivity index (χ3v) is 3.91. The van der Waals surface area contributed by atoms with E-state index < -0.39 is 12.2 Å². The third-order valence-electron chi connectivity index (χ3n) is 3.91. The zero-order valence-corrected chi connectivity index (χ0v) is 11.5. The number of H-pyrrole nitrogens is 1. The number of aromatic amines is 1. The Bertz CT molecular complexity index is 621. The molecule has 4 nitrogen and oxygen atoms in total. The molecular weight excluding hydrogens is 276 g/mol. The van der Waals surface area contributed by atoms with E-state index in [1.807, 2.05) is 6.07 Å². The van der Waals surface area contributed by atoms with Gasteiger partial charge in [-0.1, -0.05) is 25.0 Å². The number of hydrogen-bond donors (Lipinski definition) is 2. The number of benzene rings is 1. The molecule has 1 heterocycles. The number of aromatic nitrogens is 2. The van der Waals surface area contributed by atoms with Crippen LogP contribution in [0.4, 0.5) is 8.78 Å². The lowest BCUT2D eigenvalue weighted by atomic mass is 9.99. The molecule has 0 saturated heterocycles. The van der Waals surface area contributed by atoms with Crippen molar-refractivity contribution in [2.45, 2.75) is 37.8 Å². The first kappa shape index (κ1) is 14.0. The molecule has 1 aliphatic rings. The Hall–Kier alpha value is -1.95. The fourth-order valence-corrected chi connectivity index (χ4v) is 2.80. The quantitative estimate of drug-likeness (QED) is 0.908. The van der Waals surface area contributed by atoms with Crippen molar-refractivity contribution in [1.82, 2.24) is 9.97 Å². The van der Waals surface area contributed by atoms with Crippen LogP contribution in [0.5, 0.6) is 5.75 Å². The van der Waals surface area contributed by atoms with Gasteiger partial charge in [-0.15, -0.1) is 0 Å². The van der Waals surface area contributed by atoms with Crippen LogP contribution < -0.4 is 10.5 Å². The van der Waals surface area contributed by atoms with Crippen LogP contribution in [0.3, 0.4) is 0 Å². The lowest BCUT2D eigenvalue weighted by molar-refractivity contribution is -0.0498. The summed E-state index contributed by atoms with van der Waals surface area (Å²) in [5, 5.41) is 0. The zero-order chi connectivity index (χ0) is 14.9. The van der Waals surface area contributed by atoms with E-state index in [0.29, 0.717) is 0 Å². The van der Waals surface area contributed by atoms with Gasteiger partial charge in [-0.05, 0) is 25.0 Å². The van der Waals surface area contributed by atoms with Gasteiger partial charge in [0.1, 0.15) is 11.6 Å². The van der Waals surface area contributed by atoms with Crippen LogP contribution in [-0.4, -0.2) is 16.6 Å². The number of ether oxygens (including phenoxy) is 1. The van der Waals surface area contributed by atoms with E-state index in [1.54, 1.807) is 18.3 Å². The summed E-state index contributed by atoms with van der Waals surface area (Å²) in [5.74, 6) is 0.886. The van der Waals surface area contributed by atoms with E-state index in [0.717, 1.165) is 42.8 Å². The monoisotopic (exact) mass is 293 g/mol. The molecule has 1 saturated carbocycles. The molecular formula is C15H17F2N3O. The molecule has 0 atom stereocenters. The highest BCUT2D eigenvalue weighted by Gasteiger charge is 2.33. The summed E-state index contributed by atoms with van der Waals surface area (Å²) in [6.07, 6.45) is 5.71. The maximum absolute atomic E-state index is 12.3. The van der Waals surface area contributed by atoms with Gasteiger partial charge in [-0.25, -0.2) is 4.98 Å². The van der Waals surface area contributed by atoms with Crippen molar-refractivity contribution in [3.05, 3.63) is 36.3 Å². The summed E-state index contributed by atoms with van der Waals surface area (Å²) in [6, 6.07) is 6.53. The van der Waals surface area contributed by atoms with Crippen molar-refractivity contribution in [2.75, 3.05) is 0 Å². The Balaban J connectivity index is 1.86. The van der Waals surface area contributed by atoms with Crippen molar-refractivity contribution < 1.29 is 13.5 Å². The minimum atomic E-state index is -2.83. The van der Waals surface area contributed by atoms with Crippen molar-refractivity contribution in [3.63, 3.8) is 0 Å². The van der Waals surface area contributed by atoms with Crippen LogP contribution in [-0.2, 0) is 5.54 Å². The fourth-order valence-electron chi connectivity index (χ4n) is 2.80. The number of halogens is 2. The fraction of sp³-hybridized carbons (Fsp3) is 0.400. The van der Waals surface area contributed by atoms with Gasteiger partial charge in [0.15, 0.2) is 0 Å². The molecule has 1 fully saturated rings. The Morgan fingerprint density at radius 3 is 2.76 bits per heavy atom. The number of imidazole rings is 1. The summed E-state index contributed by atoms with van der Waals surface area (Å²) in [4.78, 5) is 7.58. The number of rotatable bonds is 4. The first-order valence-electron chi connectivity index (χ1n) is 6.96. The van der Waals surface area contributed by atoms with E-state index in [9.17, 15) is 8.78 Å². The second-order valence-corrected chi connectivity index (χ2v) is 5.42. The third kappa shape index (κ3) is 2.90. The molecule has 112 valence electrons. The first-order valence-corrected chi connectivity index (χ1v) is 6.96. The number of nitrogens with zero attached hydrogens (tertiary/aromatic N) is 1. The second kappa shape index (κ2) is 5.44. The predicted octanol–water partition coefficient (Wildman–Crippen LogP) is 3.41. The Labute approximate surface area is 121 Å². The number of hydrogen-bond acceptors (Lipinski definition) is 3. The van der Waals surface area contributed by atoms with Gasteiger partial charge in [0.2, 0.25) is 0 Å². The van der Waals surface area contributed by atoms with E-state index >= 15 is 0 Å². The Kier molecular flexibility index (Phi) is 3.63. The molecule has 0 unspecified atom stereocenters. The number of nitrogens with one attached hydrogen (secondary N) is 1. The topological polar surface area (TPSA) is 63.9 Å². The van der Waals surface area contributed by atoms with Crippen molar-refractivity contribution >= 4 is 0 Å². The molecule has 0 radical (unpaired) electrons. The van der Waals surface area contributed by atoms with Crippen LogP contribution in [0.1, 0.15) is 31.5 Å². The summed E-state index contributed by atoms with van der Waals surface area (Å²) in [5.41, 5.74) is 7.45. The normalized spacial score (nSPS) is 17.3. The molecule has 2 aromatic rings. The minimum absolute atomic E-state index is 0.127. The summed E-state index contributed by atoms with van der Waals surface area (Å²) < 4.78 is 28.9. The highest BCUT2D eigenvalue weighted by molar-refractivity contribution is 5.60. The number of alkyl halides is 2. The Morgan fingerprint density at radius 2 is 2.05 bits per heavy atom. The lowest BCUT2D eigenvalue weighted by Gasteiger charge is -2.20. The van der Waals surface area contributed by atoms with Gasteiger partial charge in [0.25, 0.3) is 0 Å². The van der Waals surface area contributed by atoms with E-state index in [1.165, 1.54) is 6.07 Å². The van der Waals surface area contributed by atoms with Gasteiger partial charge < -0.3 is 15.5 Å². The minimum Gasteiger partial charge on any atom is -0.435 e. The molecule has 3 rings (SSSR count). The molecule has 3 N–H and O–H groups in total. The second-order valence-electron chi connectivity index (χ2n) is 5.42. The maximum Gasteiger partial charge on any atom is 0.387 e. The van der Waals surface area contributed by atoms with Gasteiger partial charge in [-0.2, -0.15) is 8.78 Å². The van der Waals surface area contributed by atoms with Crippen LogP contribution in [0.15, 0.2) is 30.5 Å². The van der Waals surface area contributed by atoms with Crippen LogP contribution in [0, 0.1) is 0 Å². The Morgan fingerprint density at radius 1 is 1.29 bits per heavy atom. The molecule has 6 heteroatoms. The highest BCUT2D eigenvalue weighted by Crippen LogP contribution is 2.35. The number of nitrogens with two attached hydrogens (primary N) is 1. The zero-order valence-electron chi connectivity index (χ0n) is 11.5. The first-order chi connectivity index (χ1) is 10.1. The largest absolute Gasteiger partial charge is 0.435 e. The van der Waals surface area contributed by atoms with Gasteiger partial charge in [0, 0.05) is 5.56 Å². The summed E-state index contributed by atoms with van der Waals surface area (Å²) >= 11 is 0. The SMILES string of the molecule is NC1(c2ncc(-c3cccc(OC(F)F)c3)[nH]2)CCCC1. The molecule has 0 aliphatic heterocycles. The molecule has 1 aliphatic carbocycles. The van der Waals surface area contributed by atoms with Crippen LogP contribution in [0.25, 0.3) is 11.3 Å². The predicted molar refractivity (Wildman–Crippen MR) is 75.0 cm³/mol. The van der Waals surface area contributed by atoms with Gasteiger partial charge >= 0.3 is 6.61 Å². The van der Waals surface area contributed by atoms with Crippen LogP contribution >= 0.6 is 0 Å². The molecule has 0 amide bonds. The van der Waals surface area contributed by atoms with Crippen molar-refractivity contribution in [2.24, 2.45) is 5.73 Å². The highest BCUT2D eigenvalue weighted by atomic mass is 19.3. The standard InChI is InChI=1S/C15H17F2N3O/c16-14(17)21-11-5-3-4-10(8-11)12-9-19-13(20-12)15(18)6-1-2-7-15/h3-5,8-9,14H,1-2,6-7,18H2,(H,19,20). The van der Waals surface area contributed by atoms with Crippen molar-refractivity contribution in [1.29, 1.82) is 0 Å². The van der Waals surface area contributed by atoms with Gasteiger partial charge in [-0.3, -0.25) is 0 Å². The average Bonchev–Trinajstić information content (AvgIpc) is 3.08.